The molecule has 182 valence electrons. The Morgan fingerprint density at radius 3 is 2.47 bits per heavy atom. The lowest BCUT2D eigenvalue weighted by Gasteiger charge is -2.33. The Morgan fingerprint density at radius 1 is 1.09 bits per heavy atom. The van der Waals surface area contributed by atoms with Gasteiger partial charge >= 0.3 is 12.0 Å². The van der Waals surface area contributed by atoms with Crippen LogP contribution >= 0.6 is 0 Å². The predicted octanol–water partition coefficient (Wildman–Crippen LogP) is 4.10. The van der Waals surface area contributed by atoms with E-state index in [1.807, 2.05) is 43.3 Å². The summed E-state index contributed by atoms with van der Waals surface area (Å²) >= 11 is 0. The zero-order chi connectivity index (χ0) is 24.5. The lowest BCUT2D eigenvalue weighted by Crippen LogP contribution is -2.36. The number of ether oxygens (including phenoxy) is 1. The topological polar surface area (TPSA) is 99.8 Å². The minimum atomic E-state index is -0.545. The van der Waals surface area contributed by atoms with Gasteiger partial charge in [0.1, 0.15) is 6.54 Å². The van der Waals surface area contributed by atoms with Crippen molar-refractivity contribution >= 4 is 29.3 Å². The van der Waals surface area contributed by atoms with E-state index in [0.717, 1.165) is 37.2 Å². The van der Waals surface area contributed by atoms with Crippen molar-refractivity contribution in [1.29, 1.82) is 0 Å². The predicted molar refractivity (Wildman–Crippen MR) is 133 cm³/mol. The molecule has 3 N–H and O–H groups in total. The highest BCUT2D eigenvalue weighted by atomic mass is 16.5. The molecule has 0 bridgehead atoms. The number of amides is 3. The van der Waals surface area contributed by atoms with E-state index in [9.17, 15) is 14.4 Å². The van der Waals surface area contributed by atoms with Gasteiger partial charge in [-0.2, -0.15) is 0 Å². The van der Waals surface area contributed by atoms with Crippen LogP contribution in [-0.4, -0.2) is 44.1 Å². The number of carbonyl (C=O) groups excluding carboxylic acids is 3. The van der Waals surface area contributed by atoms with Crippen molar-refractivity contribution in [3.63, 3.8) is 0 Å². The van der Waals surface area contributed by atoms with Gasteiger partial charge in [-0.25, -0.2) is 4.79 Å². The molecule has 1 fully saturated rings. The number of esters is 1. The zero-order valence-corrected chi connectivity index (χ0v) is 20.1. The molecule has 0 radical (unpaired) electrons. The smallest absolute Gasteiger partial charge is 0.325 e. The van der Waals surface area contributed by atoms with Crippen LogP contribution in [-0.2, 0) is 9.53 Å². The van der Waals surface area contributed by atoms with E-state index in [4.69, 9.17) is 4.74 Å². The molecular weight excluding hydrogens is 432 g/mol. The van der Waals surface area contributed by atoms with Gasteiger partial charge in [-0.15, -0.1) is 0 Å². The Labute approximate surface area is 201 Å². The summed E-state index contributed by atoms with van der Waals surface area (Å²) in [6, 6.07) is 14.4. The fourth-order valence-corrected chi connectivity index (χ4v) is 3.96. The van der Waals surface area contributed by atoms with Gasteiger partial charge in [-0.05, 0) is 56.4 Å². The quantitative estimate of drug-likeness (QED) is 0.509. The molecule has 8 heteroatoms. The van der Waals surface area contributed by atoms with E-state index in [-0.39, 0.29) is 25.1 Å². The number of carbonyl (C=O) groups is 3. The second kappa shape index (κ2) is 12.1. The third-order valence-electron chi connectivity index (χ3n) is 5.97. The van der Waals surface area contributed by atoms with Crippen LogP contribution in [0, 0.1) is 5.92 Å². The maximum absolute atomic E-state index is 13.4. The lowest BCUT2D eigenvalue weighted by molar-refractivity contribution is -0.141. The normalized spacial score (nSPS) is 14.7. The van der Waals surface area contributed by atoms with Crippen molar-refractivity contribution in [1.82, 2.24) is 10.6 Å². The number of hydrogen-bond donors (Lipinski definition) is 3. The second-order valence-electron chi connectivity index (χ2n) is 8.62. The second-order valence-corrected chi connectivity index (χ2v) is 8.62. The van der Waals surface area contributed by atoms with Gasteiger partial charge in [-0.3, -0.25) is 9.59 Å². The average Bonchev–Trinajstić information content (AvgIpc) is 2.84. The number of piperidine rings is 1. The van der Waals surface area contributed by atoms with Crippen molar-refractivity contribution in [2.75, 3.05) is 36.5 Å². The maximum atomic E-state index is 13.4. The minimum Gasteiger partial charge on any atom is -0.465 e. The molecule has 1 heterocycles. The van der Waals surface area contributed by atoms with Gasteiger partial charge in [0, 0.05) is 24.5 Å². The zero-order valence-electron chi connectivity index (χ0n) is 20.1. The largest absolute Gasteiger partial charge is 0.465 e. The average molecular weight is 467 g/mol. The Balaban J connectivity index is 1.77. The number of anilines is 2. The molecule has 1 atom stereocenters. The summed E-state index contributed by atoms with van der Waals surface area (Å²) in [4.78, 5) is 39.3. The molecule has 1 aliphatic rings. The van der Waals surface area contributed by atoms with Gasteiger partial charge in [-0.1, -0.05) is 37.3 Å². The number of nitrogens with zero attached hydrogens (tertiary/aromatic N) is 1. The Hall–Kier alpha value is -3.55. The van der Waals surface area contributed by atoms with Gasteiger partial charge < -0.3 is 25.6 Å². The standard InChI is InChI=1S/C26H34N4O4/c1-4-34-24(31)17-27-26(33)29-21-10-11-23(30-14-12-18(2)13-15-30)22(16-21)25(32)28-19(3)20-8-6-5-7-9-20/h5-11,16,18-19H,4,12-15,17H2,1-3H3,(H,28,32)(H2,27,29,33). The molecule has 1 aliphatic heterocycles. The number of rotatable bonds is 8. The number of urea groups is 1. The van der Waals surface area contributed by atoms with Gasteiger partial charge in [0.15, 0.2) is 0 Å². The molecule has 1 unspecified atom stereocenters. The van der Waals surface area contributed by atoms with Crippen LogP contribution in [0.1, 0.15) is 55.6 Å². The highest BCUT2D eigenvalue weighted by Crippen LogP contribution is 2.29. The van der Waals surface area contributed by atoms with Crippen LogP contribution in [0.2, 0.25) is 0 Å². The SMILES string of the molecule is CCOC(=O)CNC(=O)Nc1ccc(N2CCC(C)CC2)c(C(=O)NC(C)c2ccccc2)c1. The molecule has 8 nitrogen and oxygen atoms in total. The van der Waals surface area contributed by atoms with E-state index in [1.165, 1.54) is 0 Å². The van der Waals surface area contributed by atoms with E-state index in [0.29, 0.717) is 17.2 Å². The molecule has 2 aromatic carbocycles. The third-order valence-corrected chi connectivity index (χ3v) is 5.97. The van der Waals surface area contributed by atoms with Crippen LogP contribution in [0.4, 0.5) is 16.2 Å². The van der Waals surface area contributed by atoms with Gasteiger partial charge in [0.05, 0.1) is 18.2 Å². The first-order valence-corrected chi connectivity index (χ1v) is 11.8. The van der Waals surface area contributed by atoms with Crippen LogP contribution < -0.4 is 20.9 Å². The van der Waals surface area contributed by atoms with Crippen molar-refractivity contribution in [3.05, 3.63) is 59.7 Å². The summed E-state index contributed by atoms with van der Waals surface area (Å²) in [7, 11) is 0. The van der Waals surface area contributed by atoms with Gasteiger partial charge in [0.2, 0.25) is 0 Å². The van der Waals surface area contributed by atoms with Crippen molar-refractivity contribution in [3.8, 4) is 0 Å². The van der Waals surface area contributed by atoms with Crippen LogP contribution in [0.15, 0.2) is 48.5 Å². The van der Waals surface area contributed by atoms with Crippen molar-refractivity contribution in [2.24, 2.45) is 5.92 Å². The Bertz CT molecular complexity index is 988. The Morgan fingerprint density at radius 2 is 1.79 bits per heavy atom. The van der Waals surface area contributed by atoms with Crippen molar-refractivity contribution < 1.29 is 19.1 Å². The highest BCUT2D eigenvalue weighted by molar-refractivity contribution is 6.02. The molecule has 0 spiro atoms. The molecule has 0 aromatic heterocycles. The van der Waals surface area contributed by atoms with E-state index >= 15 is 0 Å². The summed E-state index contributed by atoms with van der Waals surface area (Å²) in [6.07, 6.45) is 2.13. The molecule has 3 rings (SSSR count). The summed E-state index contributed by atoms with van der Waals surface area (Å²) < 4.78 is 4.82. The summed E-state index contributed by atoms with van der Waals surface area (Å²) in [5.74, 6) is -0.0569. The molecule has 0 aliphatic carbocycles. The van der Waals surface area contributed by atoms with Gasteiger partial charge in [0.25, 0.3) is 5.91 Å². The van der Waals surface area contributed by atoms with E-state index in [1.54, 1.807) is 19.1 Å². The Kier molecular flexibility index (Phi) is 8.90. The van der Waals surface area contributed by atoms with Crippen molar-refractivity contribution in [2.45, 2.75) is 39.7 Å². The molecule has 2 aromatic rings. The fraction of sp³-hybridized carbons (Fsp3) is 0.423. The first kappa shape index (κ1) is 25.1. The first-order chi connectivity index (χ1) is 16.4. The van der Waals surface area contributed by atoms with E-state index in [2.05, 4.69) is 27.8 Å². The number of nitrogens with one attached hydrogen (secondary N) is 3. The first-order valence-electron chi connectivity index (χ1n) is 11.8. The monoisotopic (exact) mass is 466 g/mol. The van der Waals surface area contributed by atoms with Crippen LogP contribution in [0.25, 0.3) is 0 Å². The third kappa shape index (κ3) is 6.97. The number of hydrogen-bond acceptors (Lipinski definition) is 5. The highest BCUT2D eigenvalue weighted by Gasteiger charge is 2.23. The molecular formula is C26H34N4O4. The summed E-state index contributed by atoms with van der Waals surface area (Å²) in [5.41, 5.74) is 2.83. The van der Waals surface area contributed by atoms with Crippen LogP contribution in [0.3, 0.4) is 0 Å². The number of benzene rings is 2. The summed E-state index contributed by atoms with van der Waals surface area (Å²) in [6.45, 7) is 7.66. The van der Waals surface area contributed by atoms with E-state index < -0.39 is 12.0 Å². The molecule has 1 saturated heterocycles. The molecule has 0 saturated carbocycles. The summed E-state index contributed by atoms with van der Waals surface area (Å²) in [5, 5.41) is 8.25. The maximum Gasteiger partial charge on any atom is 0.325 e. The molecule has 3 amide bonds. The lowest BCUT2D eigenvalue weighted by atomic mass is 9.97. The molecule has 34 heavy (non-hydrogen) atoms. The fourth-order valence-electron chi connectivity index (χ4n) is 3.96. The van der Waals surface area contributed by atoms with Crippen LogP contribution in [0.5, 0.6) is 0 Å². The minimum absolute atomic E-state index is 0.174.